The Balaban J connectivity index is 1.24. The minimum atomic E-state index is 0.0820. The van der Waals surface area contributed by atoms with Gasteiger partial charge in [-0.1, -0.05) is 23.7 Å². The third-order valence-corrected chi connectivity index (χ3v) is 4.93. The average molecular weight is 359 g/mol. The molecule has 2 unspecified atom stereocenters. The number of carbonyl (C=O) groups is 1. The minimum absolute atomic E-state index is 0.0820. The van der Waals surface area contributed by atoms with Gasteiger partial charge < -0.3 is 15.0 Å². The topological polar surface area (TPSA) is 67.3 Å². The summed E-state index contributed by atoms with van der Waals surface area (Å²) >= 11 is 5.83. The van der Waals surface area contributed by atoms with Crippen LogP contribution in [-0.2, 0) is 11.3 Å². The number of benzene rings is 1. The first-order valence-electron chi connectivity index (χ1n) is 8.38. The van der Waals surface area contributed by atoms with Crippen molar-refractivity contribution in [2.45, 2.75) is 13.0 Å². The number of carbonyl (C=O) groups excluding carboxylic acids is 1. The average Bonchev–Trinajstić information content (AvgIpc) is 3.24. The standard InChI is InChI=1S/C18H19ClN4O2/c19-16-6-17(22-11-21-16)20-7-12-1-3-15(4-2-12)25-10-18(24)23-8-13-5-14(13)9-23/h1-4,6,11,13-14H,5,7-10H2,(H,20,21,22). The maximum absolute atomic E-state index is 12.1. The van der Waals surface area contributed by atoms with Crippen molar-refractivity contribution < 1.29 is 9.53 Å². The number of anilines is 1. The number of ether oxygens (including phenoxy) is 1. The second-order valence-electron chi connectivity index (χ2n) is 6.57. The van der Waals surface area contributed by atoms with Crippen LogP contribution in [0, 0.1) is 11.8 Å². The molecule has 1 aromatic heterocycles. The lowest BCUT2D eigenvalue weighted by molar-refractivity contribution is -0.132. The van der Waals surface area contributed by atoms with Gasteiger partial charge in [0.15, 0.2) is 6.61 Å². The highest BCUT2D eigenvalue weighted by atomic mass is 35.5. The fourth-order valence-corrected chi connectivity index (χ4v) is 3.31. The van der Waals surface area contributed by atoms with Gasteiger partial charge in [0.05, 0.1) is 0 Å². The van der Waals surface area contributed by atoms with Crippen LogP contribution in [0.2, 0.25) is 5.15 Å². The summed E-state index contributed by atoms with van der Waals surface area (Å²) in [6.07, 6.45) is 2.71. The Morgan fingerprint density at radius 2 is 2.00 bits per heavy atom. The molecule has 25 heavy (non-hydrogen) atoms. The van der Waals surface area contributed by atoms with E-state index in [2.05, 4.69) is 15.3 Å². The normalized spacial score (nSPS) is 20.9. The molecule has 4 rings (SSSR count). The summed E-state index contributed by atoms with van der Waals surface area (Å²) in [5.41, 5.74) is 1.08. The molecule has 0 radical (unpaired) electrons. The first-order chi connectivity index (χ1) is 12.2. The molecule has 130 valence electrons. The van der Waals surface area contributed by atoms with Crippen LogP contribution in [-0.4, -0.2) is 40.5 Å². The van der Waals surface area contributed by atoms with Crippen LogP contribution in [0.5, 0.6) is 5.75 Å². The number of halogens is 1. The van der Waals surface area contributed by atoms with E-state index in [1.165, 1.54) is 12.7 Å². The summed E-state index contributed by atoms with van der Waals surface area (Å²) in [7, 11) is 0. The largest absolute Gasteiger partial charge is 0.484 e. The number of nitrogens with zero attached hydrogens (tertiary/aromatic N) is 3. The zero-order valence-electron chi connectivity index (χ0n) is 13.7. The second-order valence-corrected chi connectivity index (χ2v) is 6.95. The van der Waals surface area contributed by atoms with Gasteiger partial charge in [-0.3, -0.25) is 4.79 Å². The Kier molecular flexibility index (Phi) is 4.44. The van der Waals surface area contributed by atoms with Crippen molar-refractivity contribution in [1.29, 1.82) is 0 Å². The number of fused-ring (bicyclic) bond motifs is 1. The third-order valence-electron chi connectivity index (χ3n) is 4.72. The maximum Gasteiger partial charge on any atom is 0.260 e. The molecule has 1 amide bonds. The Hall–Kier alpha value is -2.34. The molecular formula is C18H19ClN4O2. The summed E-state index contributed by atoms with van der Waals surface area (Å²) in [6.45, 7) is 2.54. The number of piperidine rings is 1. The Labute approximate surface area is 151 Å². The molecule has 0 spiro atoms. The summed E-state index contributed by atoms with van der Waals surface area (Å²) < 4.78 is 5.61. The highest BCUT2D eigenvalue weighted by Crippen LogP contribution is 2.44. The molecule has 2 fully saturated rings. The van der Waals surface area contributed by atoms with Crippen molar-refractivity contribution in [2.24, 2.45) is 11.8 Å². The van der Waals surface area contributed by atoms with Gasteiger partial charge in [0.25, 0.3) is 5.91 Å². The molecule has 1 saturated carbocycles. The van der Waals surface area contributed by atoms with Gasteiger partial charge in [-0.05, 0) is 36.0 Å². The highest BCUT2D eigenvalue weighted by Gasteiger charge is 2.46. The van der Waals surface area contributed by atoms with Crippen LogP contribution in [0.4, 0.5) is 5.82 Å². The minimum Gasteiger partial charge on any atom is -0.484 e. The lowest BCUT2D eigenvalue weighted by Crippen LogP contribution is -2.34. The Bertz CT molecular complexity index is 758. The van der Waals surface area contributed by atoms with Crippen molar-refractivity contribution in [3.05, 3.63) is 47.4 Å². The van der Waals surface area contributed by atoms with Gasteiger partial charge >= 0.3 is 0 Å². The first kappa shape index (κ1) is 16.1. The zero-order valence-corrected chi connectivity index (χ0v) is 14.4. The van der Waals surface area contributed by atoms with Crippen LogP contribution < -0.4 is 10.1 Å². The van der Waals surface area contributed by atoms with Crippen LogP contribution in [0.1, 0.15) is 12.0 Å². The predicted molar refractivity (Wildman–Crippen MR) is 94.5 cm³/mol. The molecule has 1 aliphatic heterocycles. The summed E-state index contributed by atoms with van der Waals surface area (Å²) in [5.74, 6) is 2.96. The number of likely N-dealkylation sites (tertiary alicyclic amines) is 1. The van der Waals surface area contributed by atoms with Crippen LogP contribution in [0.3, 0.4) is 0 Å². The highest BCUT2D eigenvalue weighted by molar-refractivity contribution is 6.29. The van der Waals surface area contributed by atoms with E-state index in [1.54, 1.807) is 6.07 Å². The van der Waals surface area contributed by atoms with E-state index in [0.29, 0.717) is 23.3 Å². The number of nitrogens with one attached hydrogen (secondary N) is 1. The monoisotopic (exact) mass is 358 g/mol. The lowest BCUT2D eigenvalue weighted by Gasteiger charge is -2.18. The fourth-order valence-electron chi connectivity index (χ4n) is 3.16. The second kappa shape index (κ2) is 6.88. The summed E-state index contributed by atoms with van der Waals surface area (Å²) in [6, 6.07) is 9.34. The van der Waals surface area contributed by atoms with E-state index in [9.17, 15) is 4.79 Å². The number of amides is 1. The van der Waals surface area contributed by atoms with Crippen LogP contribution >= 0.6 is 11.6 Å². The van der Waals surface area contributed by atoms with Gasteiger partial charge in [0.2, 0.25) is 0 Å². The molecule has 1 saturated heterocycles. The van der Waals surface area contributed by atoms with Gasteiger partial charge in [0, 0.05) is 25.7 Å². The van der Waals surface area contributed by atoms with Gasteiger partial charge in [0.1, 0.15) is 23.0 Å². The molecule has 0 bridgehead atoms. The Morgan fingerprint density at radius 3 is 2.72 bits per heavy atom. The van der Waals surface area contributed by atoms with Crippen molar-refractivity contribution in [2.75, 3.05) is 25.0 Å². The molecule has 2 aliphatic rings. The smallest absolute Gasteiger partial charge is 0.260 e. The summed E-state index contributed by atoms with van der Waals surface area (Å²) in [5, 5.41) is 3.58. The van der Waals surface area contributed by atoms with Gasteiger partial charge in [-0.15, -0.1) is 0 Å². The molecule has 2 aromatic rings. The van der Waals surface area contributed by atoms with Crippen molar-refractivity contribution in [1.82, 2.24) is 14.9 Å². The third kappa shape index (κ3) is 4.02. The van der Waals surface area contributed by atoms with E-state index >= 15 is 0 Å². The molecule has 2 heterocycles. The van der Waals surface area contributed by atoms with E-state index in [4.69, 9.17) is 16.3 Å². The number of aromatic nitrogens is 2. The van der Waals surface area contributed by atoms with Gasteiger partial charge in [-0.25, -0.2) is 9.97 Å². The van der Waals surface area contributed by atoms with Crippen molar-refractivity contribution in [3.63, 3.8) is 0 Å². The van der Waals surface area contributed by atoms with Crippen LogP contribution in [0.25, 0.3) is 0 Å². The fraction of sp³-hybridized carbons (Fsp3) is 0.389. The molecule has 6 nitrogen and oxygen atoms in total. The van der Waals surface area contributed by atoms with E-state index < -0.39 is 0 Å². The first-order valence-corrected chi connectivity index (χ1v) is 8.76. The Morgan fingerprint density at radius 1 is 1.24 bits per heavy atom. The molecule has 1 aliphatic carbocycles. The number of hydrogen-bond donors (Lipinski definition) is 1. The van der Waals surface area contributed by atoms with E-state index in [1.807, 2.05) is 29.2 Å². The van der Waals surface area contributed by atoms with Gasteiger partial charge in [-0.2, -0.15) is 0 Å². The molecular weight excluding hydrogens is 340 g/mol. The molecule has 7 heteroatoms. The van der Waals surface area contributed by atoms with Crippen LogP contribution in [0.15, 0.2) is 36.7 Å². The van der Waals surface area contributed by atoms with Crippen molar-refractivity contribution in [3.8, 4) is 5.75 Å². The maximum atomic E-state index is 12.1. The predicted octanol–water partition coefficient (Wildman–Crippen LogP) is 2.60. The molecule has 1 aromatic carbocycles. The quantitative estimate of drug-likeness (QED) is 0.804. The van der Waals surface area contributed by atoms with E-state index in [-0.39, 0.29) is 12.5 Å². The van der Waals surface area contributed by atoms with Crippen molar-refractivity contribution >= 4 is 23.3 Å². The number of hydrogen-bond acceptors (Lipinski definition) is 5. The SMILES string of the molecule is O=C(COc1ccc(CNc2cc(Cl)ncn2)cc1)N1CC2CC2C1. The summed E-state index contributed by atoms with van der Waals surface area (Å²) in [4.78, 5) is 22.0. The van der Waals surface area contributed by atoms with E-state index in [0.717, 1.165) is 30.5 Å². The molecule has 2 atom stereocenters. The number of rotatable bonds is 6. The lowest BCUT2D eigenvalue weighted by atomic mass is 10.2. The zero-order chi connectivity index (χ0) is 17.2. The molecule has 1 N–H and O–H groups in total.